The van der Waals surface area contributed by atoms with E-state index in [0.717, 1.165) is 31.1 Å². The van der Waals surface area contributed by atoms with Crippen molar-refractivity contribution in [2.75, 3.05) is 33.0 Å². The number of halogens is 1. The summed E-state index contributed by atoms with van der Waals surface area (Å²) in [7, 11) is 0. The molecule has 1 fully saturated rings. The van der Waals surface area contributed by atoms with E-state index in [9.17, 15) is 9.59 Å². The van der Waals surface area contributed by atoms with Crippen molar-refractivity contribution >= 4 is 34.1 Å². The zero-order chi connectivity index (χ0) is 23.2. The summed E-state index contributed by atoms with van der Waals surface area (Å²) in [4.78, 5) is 34.3. The smallest absolute Gasteiger partial charge is 0.265 e. The van der Waals surface area contributed by atoms with Gasteiger partial charge in [0.25, 0.3) is 11.5 Å². The number of nitrogens with one attached hydrogen (secondary N) is 1. The van der Waals surface area contributed by atoms with E-state index in [-0.39, 0.29) is 18.3 Å². The lowest BCUT2D eigenvalue weighted by Gasteiger charge is -2.32. The first-order valence-corrected chi connectivity index (χ1v) is 11.6. The molecule has 1 saturated heterocycles. The standard InChI is InChI=1S/C25H21ClN4O4/c26-17-4-5-20-19(13-17)25(32)30-7-1-2-18(23(30)27-20)24(31)29-10-8-28(9-11-29)14-16-3-6-21-22(12-16)34-15-33-21/h1-7,12-13H,8-11,14-15H2/p+1. The summed E-state index contributed by atoms with van der Waals surface area (Å²) in [6, 6.07) is 14.5. The van der Waals surface area contributed by atoms with Crippen LogP contribution in [0.1, 0.15) is 15.9 Å². The number of fused-ring (bicyclic) bond motifs is 3. The fourth-order valence-corrected chi connectivity index (χ4v) is 4.85. The predicted molar refractivity (Wildman–Crippen MR) is 127 cm³/mol. The van der Waals surface area contributed by atoms with Gasteiger partial charge in [0.2, 0.25) is 6.79 Å². The molecule has 0 unspecified atom stereocenters. The Hall–Kier alpha value is -3.62. The molecule has 0 radical (unpaired) electrons. The molecule has 4 heterocycles. The Kier molecular flexibility index (Phi) is 5.12. The van der Waals surface area contributed by atoms with Gasteiger partial charge >= 0.3 is 0 Å². The highest BCUT2D eigenvalue weighted by atomic mass is 35.5. The van der Waals surface area contributed by atoms with Crippen LogP contribution in [-0.4, -0.2) is 53.2 Å². The van der Waals surface area contributed by atoms with Gasteiger partial charge in [0.1, 0.15) is 6.54 Å². The van der Waals surface area contributed by atoms with Crippen molar-refractivity contribution in [3.05, 3.63) is 81.2 Å². The zero-order valence-corrected chi connectivity index (χ0v) is 19.0. The highest BCUT2D eigenvalue weighted by molar-refractivity contribution is 6.31. The molecule has 4 aromatic rings. The van der Waals surface area contributed by atoms with Crippen LogP contribution in [0.5, 0.6) is 11.5 Å². The first-order valence-electron chi connectivity index (χ1n) is 11.2. The average molecular weight is 478 g/mol. The number of amides is 1. The van der Waals surface area contributed by atoms with Crippen molar-refractivity contribution in [1.29, 1.82) is 0 Å². The summed E-state index contributed by atoms with van der Waals surface area (Å²) in [5, 5.41) is 0.898. The molecule has 2 aromatic carbocycles. The Bertz CT molecular complexity index is 1490. The number of nitrogens with zero attached hydrogens (tertiary/aromatic N) is 3. The summed E-state index contributed by atoms with van der Waals surface area (Å²) < 4.78 is 12.3. The highest BCUT2D eigenvalue weighted by Crippen LogP contribution is 2.32. The van der Waals surface area contributed by atoms with Crippen molar-refractivity contribution in [2.45, 2.75) is 6.54 Å². The maximum absolute atomic E-state index is 13.4. The Morgan fingerprint density at radius 2 is 1.88 bits per heavy atom. The molecule has 34 heavy (non-hydrogen) atoms. The van der Waals surface area contributed by atoms with Crippen LogP contribution in [0.25, 0.3) is 16.6 Å². The monoisotopic (exact) mass is 477 g/mol. The quantitative estimate of drug-likeness (QED) is 0.455. The normalized spacial score (nSPS) is 15.9. The molecular formula is C25H22ClN4O4+. The number of carbonyl (C=O) groups is 1. The van der Waals surface area contributed by atoms with E-state index in [1.165, 1.54) is 14.9 Å². The van der Waals surface area contributed by atoms with Crippen LogP contribution in [0.4, 0.5) is 0 Å². The molecule has 2 aromatic heterocycles. The molecule has 1 amide bonds. The largest absolute Gasteiger partial charge is 0.454 e. The number of piperazine rings is 1. The van der Waals surface area contributed by atoms with Gasteiger partial charge < -0.3 is 19.3 Å². The van der Waals surface area contributed by atoms with E-state index in [2.05, 4.69) is 11.1 Å². The fraction of sp³-hybridized carbons (Fsp3) is 0.240. The van der Waals surface area contributed by atoms with E-state index in [1.807, 2.05) is 17.0 Å². The van der Waals surface area contributed by atoms with Gasteiger partial charge in [-0.15, -0.1) is 0 Å². The highest BCUT2D eigenvalue weighted by Gasteiger charge is 2.27. The molecule has 6 rings (SSSR count). The van der Waals surface area contributed by atoms with Crippen molar-refractivity contribution in [2.24, 2.45) is 0 Å². The van der Waals surface area contributed by atoms with E-state index in [1.54, 1.807) is 36.5 Å². The van der Waals surface area contributed by atoms with Gasteiger partial charge in [-0.25, -0.2) is 4.98 Å². The number of quaternary nitrogens is 1. The molecule has 0 atom stereocenters. The molecule has 0 spiro atoms. The topological polar surface area (TPSA) is 77.6 Å². The van der Waals surface area contributed by atoms with Gasteiger partial charge in [-0.1, -0.05) is 11.6 Å². The SMILES string of the molecule is O=C(c1cccn2c(=O)c3cc(Cl)ccc3nc12)N1CC[NH+](Cc2ccc3c(c2)OCO3)CC1. The number of hydrogen-bond acceptors (Lipinski definition) is 5. The Morgan fingerprint density at radius 1 is 1.06 bits per heavy atom. The lowest BCUT2D eigenvalue weighted by atomic mass is 10.1. The van der Waals surface area contributed by atoms with Crippen LogP contribution in [0.3, 0.4) is 0 Å². The van der Waals surface area contributed by atoms with Gasteiger partial charge in [0.15, 0.2) is 17.1 Å². The maximum Gasteiger partial charge on any atom is 0.265 e. The molecule has 0 aliphatic carbocycles. The van der Waals surface area contributed by atoms with Gasteiger partial charge in [-0.2, -0.15) is 0 Å². The molecule has 2 aliphatic rings. The van der Waals surface area contributed by atoms with Gasteiger partial charge in [0, 0.05) is 16.8 Å². The minimum absolute atomic E-state index is 0.111. The van der Waals surface area contributed by atoms with Crippen LogP contribution in [0, 0.1) is 0 Å². The van der Waals surface area contributed by atoms with Crippen LogP contribution >= 0.6 is 11.6 Å². The van der Waals surface area contributed by atoms with Crippen LogP contribution in [-0.2, 0) is 6.54 Å². The van der Waals surface area contributed by atoms with Crippen molar-refractivity contribution in [3.8, 4) is 11.5 Å². The lowest BCUT2D eigenvalue weighted by Crippen LogP contribution is -3.13. The minimum Gasteiger partial charge on any atom is -0.454 e. The van der Waals surface area contributed by atoms with E-state index >= 15 is 0 Å². The number of pyridine rings is 1. The summed E-state index contributed by atoms with van der Waals surface area (Å²) in [6.07, 6.45) is 1.63. The Labute approximate surface area is 199 Å². The molecule has 0 saturated carbocycles. The van der Waals surface area contributed by atoms with E-state index < -0.39 is 0 Å². The van der Waals surface area contributed by atoms with Gasteiger partial charge in [-0.3, -0.25) is 14.0 Å². The number of aromatic nitrogens is 2. The number of benzene rings is 2. The van der Waals surface area contributed by atoms with Gasteiger partial charge in [-0.05, 0) is 48.5 Å². The average Bonchev–Trinajstić information content (AvgIpc) is 3.32. The molecule has 8 nitrogen and oxygen atoms in total. The third kappa shape index (κ3) is 3.65. The summed E-state index contributed by atoms with van der Waals surface area (Å²) in [6.45, 7) is 4.06. The van der Waals surface area contributed by atoms with Gasteiger partial charge in [0.05, 0.1) is 42.6 Å². The zero-order valence-electron chi connectivity index (χ0n) is 18.3. The number of ether oxygens (including phenoxy) is 2. The summed E-state index contributed by atoms with van der Waals surface area (Å²) in [5.74, 6) is 1.47. The molecule has 0 bridgehead atoms. The molecule has 172 valence electrons. The lowest BCUT2D eigenvalue weighted by molar-refractivity contribution is -0.917. The Morgan fingerprint density at radius 3 is 2.74 bits per heavy atom. The second kappa shape index (κ2) is 8.30. The third-order valence-electron chi connectivity index (χ3n) is 6.48. The maximum atomic E-state index is 13.4. The predicted octanol–water partition coefficient (Wildman–Crippen LogP) is 1.77. The summed E-state index contributed by atoms with van der Waals surface area (Å²) in [5.41, 5.74) is 2.25. The number of hydrogen-bond donors (Lipinski definition) is 1. The first-order chi connectivity index (χ1) is 16.6. The molecule has 2 aliphatic heterocycles. The van der Waals surface area contributed by atoms with Crippen LogP contribution in [0.15, 0.2) is 59.5 Å². The fourth-order valence-electron chi connectivity index (χ4n) is 4.68. The van der Waals surface area contributed by atoms with Crippen LogP contribution in [0.2, 0.25) is 5.02 Å². The van der Waals surface area contributed by atoms with Crippen molar-refractivity contribution < 1.29 is 19.2 Å². The van der Waals surface area contributed by atoms with E-state index in [4.69, 9.17) is 21.1 Å². The van der Waals surface area contributed by atoms with Crippen molar-refractivity contribution in [1.82, 2.24) is 14.3 Å². The minimum atomic E-state index is -0.241. The molecular weight excluding hydrogens is 456 g/mol. The van der Waals surface area contributed by atoms with Crippen molar-refractivity contribution in [3.63, 3.8) is 0 Å². The second-order valence-corrected chi connectivity index (χ2v) is 9.04. The van der Waals surface area contributed by atoms with E-state index in [0.29, 0.717) is 40.2 Å². The number of carbonyl (C=O) groups excluding carboxylic acids is 1. The summed E-state index contributed by atoms with van der Waals surface area (Å²) >= 11 is 6.06. The number of rotatable bonds is 3. The third-order valence-corrected chi connectivity index (χ3v) is 6.72. The second-order valence-electron chi connectivity index (χ2n) is 8.60. The first kappa shape index (κ1) is 20.9. The molecule has 9 heteroatoms. The van der Waals surface area contributed by atoms with Crippen LogP contribution < -0.4 is 19.9 Å². The molecule has 1 N–H and O–H groups in total. The Balaban J connectivity index is 1.21.